The first-order valence-electron chi connectivity index (χ1n) is 46.4. The SMILES string of the molecule is CC[C@H]1OC(=O)[C@H](C)[C@@H](O[C@H]2C[C@@](C)(OC)[C@@H](O)[C@H](C)O2)[C@H](C)[C@@H](O[C@@H]2O[C@H](C)C[C@H](N(C)C)[C@H]2O)[C@](C)(OC)C[C@@H](C)C(=O)[C@H](C)[C@@H](O)[C@]1(C)O.C[C@@H]1[C@H](O)[C@@H](C)/C=C/C=C/CC/C=C/C=C/C=C/C=C/[C@H](O[C@@H]2O[C@H](C)[C@@H](O)[C@H](N)[C@@H]2O)C[C@@H]2O[C@](O)(C[C@@H](O)[C@H](O)CC[C@@H](O)C[C@@H](O)C[C@@H](O)CC(=O)O[C@H]1C)C[C@H](O)[C@H]2C(=O)O.Nc1ncn([C@@H]2O[C@H](CO)[C@@H](O)[C@H]2O)c(=O)n1. The van der Waals surface area contributed by atoms with E-state index < -0.39 is 279 Å². The number of carboxylic acids is 1. The largest absolute Gasteiger partial charge is 0.481 e. The van der Waals surface area contributed by atoms with E-state index in [1.165, 1.54) is 34.1 Å². The number of aliphatic carboxylic acids is 1. The Balaban J connectivity index is 0.000000354. The molecule has 134 heavy (non-hydrogen) atoms. The molecule has 0 unspecified atom stereocenters. The van der Waals surface area contributed by atoms with Crippen LogP contribution < -0.4 is 17.2 Å². The van der Waals surface area contributed by atoms with E-state index in [0.29, 0.717) is 6.42 Å². The second kappa shape index (κ2) is 53.0. The maximum Gasteiger partial charge on any atom is 0.354 e. The molecule has 6 saturated heterocycles. The van der Waals surface area contributed by atoms with Crippen LogP contribution in [0.2, 0.25) is 0 Å². The minimum atomic E-state index is -2.35. The van der Waals surface area contributed by atoms with Gasteiger partial charge in [0, 0.05) is 75.5 Å². The number of aliphatic hydroxyl groups is 17. The third-order valence-electron chi connectivity index (χ3n) is 27.0. The Morgan fingerprint density at radius 3 is 1.79 bits per heavy atom. The molecule has 8 rings (SSSR count). The van der Waals surface area contributed by atoms with Crippen LogP contribution >= 0.6 is 0 Å². The van der Waals surface area contributed by atoms with E-state index in [0.717, 1.165) is 23.7 Å². The van der Waals surface area contributed by atoms with Gasteiger partial charge >= 0.3 is 23.6 Å². The molecule has 0 radical (unpaired) electrons. The predicted octanol–water partition coefficient (Wildman–Crippen LogP) is 0.207. The van der Waals surface area contributed by atoms with Crippen molar-refractivity contribution in [2.45, 2.75) is 393 Å². The van der Waals surface area contributed by atoms with Crippen molar-refractivity contribution in [2.24, 2.45) is 47.2 Å². The van der Waals surface area contributed by atoms with Crippen LogP contribution in [0.15, 0.2) is 84.0 Å². The van der Waals surface area contributed by atoms with Crippen LogP contribution in [0.25, 0.3) is 0 Å². The topological polar surface area (TPSA) is 646 Å². The minimum Gasteiger partial charge on any atom is -0.481 e. The molecular weight excluding hydrogens is 1760 g/mol. The molecule has 0 saturated carbocycles. The Morgan fingerprint density at radius 2 is 1.19 bits per heavy atom. The summed E-state index contributed by atoms with van der Waals surface area (Å²) in [4.78, 5) is 73.6. The molecule has 1 aromatic heterocycles. The van der Waals surface area contributed by atoms with Gasteiger partial charge in [-0.1, -0.05) is 114 Å². The van der Waals surface area contributed by atoms with Crippen molar-refractivity contribution < 1.29 is 168 Å². The number of nitrogens with two attached hydrogens (primary N) is 2. The number of likely N-dealkylation sites (N-methyl/N-ethyl adjacent to an activating group) is 1. The van der Waals surface area contributed by atoms with Crippen LogP contribution in [0.4, 0.5) is 5.95 Å². The van der Waals surface area contributed by atoms with Crippen LogP contribution in [0.1, 0.15) is 193 Å². The lowest BCUT2D eigenvalue weighted by Gasteiger charge is -2.50. The summed E-state index contributed by atoms with van der Waals surface area (Å²) in [5, 5.41) is 192. The van der Waals surface area contributed by atoms with E-state index in [1.807, 2.05) is 82.3 Å². The lowest BCUT2D eigenvalue weighted by Crippen LogP contribution is -2.61. The molecule has 0 amide bonds. The fraction of sp³-hybridized carbons (Fsp3) is 0.796. The van der Waals surface area contributed by atoms with Gasteiger partial charge in [-0.05, 0) is 127 Å². The number of anilines is 1. The molecule has 0 aromatic carbocycles. The highest BCUT2D eigenvalue weighted by Gasteiger charge is 2.57. The summed E-state index contributed by atoms with van der Waals surface area (Å²) in [7, 11) is 6.77. The van der Waals surface area contributed by atoms with E-state index >= 15 is 0 Å². The summed E-state index contributed by atoms with van der Waals surface area (Å²) in [6.45, 7) is 23.4. The Labute approximate surface area is 784 Å². The number of cyclic esters (lactones) is 2. The van der Waals surface area contributed by atoms with Crippen molar-refractivity contribution in [2.75, 3.05) is 40.7 Å². The van der Waals surface area contributed by atoms with Gasteiger partial charge in [0.05, 0.1) is 134 Å². The average molecular weight is 1920 g/mol. The van der Waals surface area contributed by atoms with Crippen LogP contribution in [-0.4, -0.2) is 370 Å². The monoisotopic (exact) mass is 1920 g/mol. The molecule has 1 aromatic rings. The zero-order valence-electron chi connectivity index (χ0n) is 80.4. The number of nitrogens with zero attached hydrogens (tertiary/aromatic N) is 4. The van der Waals surface area contributed by atoms with Crippen molar-refractivity contribution in [3.05, 3.63) is 89.7 Å². The third-order valence-corrected chi connectivity index (χ3v) is 27.0. The van der Waals surface area contributed by atoms with Gasteiger partial charge in [0.25, 0.3) is 0 Å². The third kappa shape index (κ3) is 32.0. The summed E-state index contributed by atoms with van der Waals surface area (Å²) < 4.78 is 73.1. The van der Waals surface area contributed by atoms with Crippen LogP contribution in [0.3, 0.4) is 0 Å². The number of carboxylic acid groups (broad SMARTS) is 1. The fourth-order valence-corrected chi connectivity index (χ4v) is 18.3. The number of aromatic nitrogens is 3. The average Bonchev–Trinajstić information content (AvgIpc) is 0.828. The highest BCUT2D eigenvalue weighted by molar-refractivity contribution is 5.83. The van der Waals surface area contributed by atoms with Crippen LogP contribution in [-0.2, 0) is 76.0 Å². The Hall–Kier alpha value is -6.03. The number of rotatable bonds is 13. The van der Waals surface area contributed by atoms with Gasteiger partial charge in [-0.25, -0.2) is 9.78 Å². The molecule has 0 aliphatic carbocycles. The molecule has 6 fully saturated rings. The van der Waals surface area contributed by atoms with Gasteiger partial charge in [-0.3, -0.25) is 23.7 Å². The molecule has 7 aliphatic heterocycles. The predicted molar refractivity (Wildman–Crippen MR) is 482 cm³/mol. The van der Waals surface area contributed by atoms with Gasteiger partial charge in [0.15, 0.2) is 30.9 Å². The molecule has 0 spiro atoms. The van der Waals surface area contributed by atoms with Gasteiger partial charge < -0.3 is 165 Å². The van der Waals surface area contributed by atoms with Gasteiger partial charge in [0.1, 0.15) is 72.5 Å². The number of nitrogen functional groups attached to an aromatic ring is 1. The van der Waals surface area contributed by atoms with E-state index in [2.05, 4.69) is 9.97 Å². The summed E-state index contributed by atoms with van der Waals surface area (Å²) in [6.07, 6.45) is -10.1. The summed E-state index contributed by atoms with van der Waals surface area (Å²) >= 11 is 0. The molecule has 7 aliphatic rings. The highest BCUT2D eigenvalue weighted by Crippen LogP contribution is 2.44. The Kier molecular flexibility index (Phi) is 46.2. The summed E-state index contributed by atoms with van der Waals surface area (Å²) in [6, 6.07) is -1.43. The molecule has 41 heteroatoms. The first kappa shape index (κ1) is 117. The van der Waals surface area contributed by atoms with E-state index in [1.54, 1.807) is 86.6 Å². The van der Waals surface area contributed by atoms with Crippen molar-refractivity contribution in [3.8, 4) is 0 Å². The van der Waals surface area contributed by atoms with Crippen molar-refractivity contribution in [1.29, 1.82) is 0 Å². The normalized spacial score (nSPS) is 45.1. The zero-order valence-corrected chi connectivity index (χ0v) is 80.4. The first-order chi connectivity index (χ1) is 62.6. The summed E-state index contributed by atoms with van der Waals surface area (Å²) in [5.41, 5.74) is 6.23. The maximum atomic E-state index is 14.2. The number of hydrogen-bond donors (Lipinski definition) is 20. The highest BCUT2D eigenvalue weighted by atomic mass is 16.7. The number of aliphatic hydroxyl groups excluding tert-OH is 15. The number of ether oxygens (including phenoxy) is 12. The van der Waals surface area contributed by atoms with Crippen LogP contribution in [0, 0.1) is 41.4 Å². The first-order valence-corrected chi connectivity index (χ1v) is 46.4. The fourth-order valence-electron chi connectivity index (χ4n) is 18.3. The lowest BCUT2D eigenvalue weighted by atomic mass is 9.74. The smallest absolute Gasteiger partial charge is 0.354 e. The molecule has 41 atom stereocenters. The standard InChI is InChI=1S/C47H75NO17.C38H69NO13.C8H12N4O5/c1-27-17-15-13-11-9-7-5-6-8-10-12-14-16-18-34(64-46-44(58)41(48)43(57)30(4)63-46)24-38-40(45(59)60)37(54)26-47(61,65-38)25-36(53)35(52)20-19-31(49)21-32(50)22-33(51)23-39(55)62-29(3)28(2)42(27)56;1-15-26-38(10,45)31(42)21(4)28(40)19(2)17-37(9,47-14)33(52-35-29(41)25(39(11)12)16-20(3)48-35)22(5)30(23(6)34(44)50-26)51-27-18-36(8,46-13)32(43)24(7)49-27;9-7-10-2-12(8(16)11-7)6-5(15)4(14)3(1-13)17-6/h5-6,8,10-18,27-38,40-44,46,49-54,56-58,61H,7,9,19-26,48H2,1-4H3,(H,59,60);19-27,29-33,35,41-43,45H,15-18H2,1-14H3;2-6,13-15H,1H2,(H2,9,11,16)/b6-5+,10-8+,13-11+,14-12+,17-15+,18-16+;;/t27-,28-,29-,30+,31+,32+,33+,34-,35+,36+,37-,38-,40+,41-,42+,43+,44-,46-,47+;19-,20-,21+,22+,23-,24+,25+,26-,27+,29-,30+,31-,32+,33-,35+,36-,37-,38-;3-,4-,5-,6-/m011/s1. The van der Waals surface area contributed by atoms with Gasteiger partial charge in [0.2, 0.25) is 5.95 Å². The number of methoxy groups -OCH3 is 2. The molecule has 8 heterocycles. The second-order valence-electron chi connectivity index (χ2n) is 38.1. The Morgan fingerprint density at radius 1 is 0.597 bits per heavy atom. The number of Topliss-reactive ketones (excluding diaryl/α,β-unsaturated/α-hetero) is 1. The molecule has 41 nitrogen and oxygen atoms in total. The Bertz CT molecular complexity index is 4010. The zero-order chi connectivity index (χ0) is 101. The number of fused-ring (bicyclic) bond motifs is 2. The lowest BCUT2D eigenvalue weighted by molar-refractivity contribution is -0.319. The van der Waals surface area contributed by atoms with Crippen molar-refractivity contribution in [1.82, 2.24) is 19.4 Å². The van der Waals surface area contributed by atoms with Crippen LogP contribution in [0.5, 0.6) is 0 Å². The van der Waals surface area contributed by atoms with Crippen molar-refractivity contribution in [3.63, 3.8) is 0 Å². The number of ketones is 1. The quantitative estimate of drug-likeness (QED) is 0.117. The number of hydrogen-bond acceptors (Lipinski definition) is 39. The number of carbonyl (C=O) groups excluding carboxylic acids is 3. The number of esters is 2. The summed E-state index contributed by atoms with van der Waals surface area (Å²) in [5.74, 6) is -11.5. The molecule has 2 bridgehead atoms. The molecule has 22 N–H and O–H groups in total. The number of allylic oxidation sites excluding steroid dienone is 10. The van der Waals surface area contributed by atoms with Gasteiger partial charge in [-0.2, -0.15) is 4.98 Å². The maximum absolute atomic E-state index is 14.2. The number of carbonyl (C=O) groups is 4. The van der Waals surface area contributed by atoms with E-state index in [4.69, 9.17) is 73.4 Å². The van der Waals surface area contributed by atoms with E-state index in [9.17, 15) is 111 Å². The molecule has 768 valence electrons. The minimum absolute atomic E-state index is 0.111. The second-order valence-corrected chi connectivity index (χ2v) is 38.1. The van der Waals surface area contributed by atoms with Gasteiger partial charge in [-0.15, -0.1) is 0 Å². The molecular formula is C93H156N6O35. The van der Waals surface area contributed by atoms with E-state index in [-0.39, 0.29) is 81.2 Å². The van der Waals surface area contributed by atoms with Crippen molar-refractivity contribution >= 4 is 29.6 Å².